The van der Waals surface area contributed by atoms with Gasteiger partial charge in [0.2, 0.25) is 0 Å². The highest BCUT2D eigenvalue weighted by Gasteiger charge is 2.13. The third-order valence-corrected chi connectivity index (χ3v) is 4.48. The number of hydrogen-bond donors (Lipinski definition) is 2. The first kappa shape index (κ1) is 25.9. The van der Waals surface area contributed by atoms with E-state index in [1.807, 2.05) is 23.2 Å². The molecule has 0 spiro atoms. The summed E-state index contributed by atoms with van der Waals surface area (Å²) in [4.78, 5) is 17.8. The van der Waals surface area contributed by atoms with Crippen LogP contribution >= 0.6 is 11.3 Å². The van der Waals surface area contributed by atoms with Crippen LogP contribution in [0.25, 0.3) is 0 Å². The maximum atomic E-state index is 11.7. The van der Waals surface area contributed by atoms with Crippen molar-refractivity contribution >= 4 is 17.4 Å². The van der Waals surface area contributed by atoms with Crippen molar-refractivity contribution in [1.82, 2.24) is 19.9 Å². The first-order chi connectivity index (χ1) is 13.3. The molecule has 0 bridgehead atoms. The number of urea groups is 1. The number of aryl methyl sites for hydroxylation is 1. The fraction of sp³-hybridized carbons (Fsp3) is 0.632. The van der Waals surface area contributed by atoms with Crippen molar-refractivity contribution in [2.24, 2.45) is 0 Å². The molecule has 0 fully saturated rings. The molecule has 0 aromatic carbocycles. The van der Waals surface area contributed by atoms with Crippen LogP contribution in [0, 0.1) is 6.20 Å². The number of nitrogens with one attached hydrogen (secondary N) is 1. The Labute approximate surface area is 172 Å². The van der Waals surface area contributed by atoms with Gasteiger partial charge in [0.25, 0.3) is 0 Å². The molecule has 0 saturated carbocycles. The van der Waals surface area contributed by atoms with E-state index in [1.54, 1.807) is 50.5 Å². The minimum absolute atomic E-state index is 0.0617. The van der Waals surface area contributed by atoms with E-state index in [2.05, 4.69) is 40.2 Å². The minimum atomic E-state index is -0.235. The molecule has 2 amide bonds. The maximum absolute atomic E-state index is 11.7. The van der Waals surface area contributed by atoms with Gasteiger partial charge in [-0.2, -0.15) is 0 Å². The summed E-state index contributed by atoms with van der Waals surface area (Å²) in [7, 11) is 4.97. The fourth-order valence-corrected chi connectivity index (χ4v) is 2.60. The van der Waals surface area contributed by atoms with E-state index in [9.17, 15) is 4.79 Å². The average Bonchev–Trinajstić information content (AvgIpc) is 3.34. The third-order valence-electron chi connectivity index (χ3n) is 3.28. The van der Waals surface area contributed by atoms with Gasteiger partial charge in [0, 0.05) is 32.6 Å². The van der Waals surface area contributed by atoms with E-state index in [0.29, 0.717) is 12.5 Å². The Bertz CT molecular complexity index is 631. The Morgan fingerprint density at radius 1 is 1.46 bits per heavy atom. The van der Waals surface area contributed by atoms with Crippen molar-refractivity contribution in [3.05, 3.63) is 34.5 Å². The Morgan fingerprint density at radius 2 is 2.11 bits per heavy atom. The second kappa shape index (κ2) is 14.9. The molecular formula is C19H34N5O3S+. The monoisotopic (exact) mass is 412 g/mol. The van der Waals surface area contributed by atoms with Gasteiger partial charge in [0.1, 0.15) is 0 Å². The highest BCUT2D eigenvalue weighted by molar-refractivity contribution is 7.09. The summed E-state index contributed by atoms with van der Waals surface area (Å²) in [6, 6.07) is 1.36. The minimum Gasteiger partial charge on any atom is -0.394 e. The molecule has 0 aliphatic rings. The number of aromatic nitrogens is 3. The summed E-state index contributed by atoms with van der Waals surface area (Å²) < 4.78 is 6.07. The van der Waals surface area contributed by atoms with Crippen molar-refractivity contribution in [2.75, 3.05) is 27.9 Å². The van der Waals surface area contributed by atoms with E-state index in [4.69, 9.17) is 5.11 Å². The van der Waals surface area contributed by atoms with Crippen LogP contribution in [0.1, 0.15) is 44.3 Å². The zero-order valence-corrected chi connectivity index (χ0v) is 18.8. The lowest BCUT2D eigenvalue weighted by Gasteiger charge is -2.19. The Hall–Kier alpha value is -2.15. The van der Waals surface area contributed by atoms with Gasteiger partial charge >= 0.3 is 12.2 Å². The number of methoxy groups -OCH3 is 1. The maximum Gasteiger partial charge on any atom is 0.351 e. The van der Waals surface area contributed by atoms with Gasteiger partial charge in [-0.1, -0.05) is 13.8 Å². The predicted octanol–water partition coefficient (Wildman–Crippen LogP) is 1.96. The molecule has 1 unspecified atom stereocenters. The number of amides is 2. The highest BCUT2D eigenvalue weighted by Crippen LogP contribution is 2.19. The molecule has 2 aromatic rings. The summed E-state index contributed by atoms with van der Waals surface area (Å²) >= 11 is 1.62. The van der Waals surface area contributed by atoms with Gasteiger partial charge in [-0.05, 0) is 18.5 Å². The predicted molar refractivity (Wildman–Crippen MR) is 110 cm³/mol. The molecule has 2 rings (SSSR count). The number of aliphatic hydroxyl groups excluding tert-OH is 1. The standard InChI is InChI=1S/C12H21N3O2S.C5H7N2.C2H6O/c1-8(2)11-14-10(7-18-11)5-15(4)12(17)13-9(3)6-16;1-2-7-5-3-4-6-7;1-3-2/h7-9,16H,5-6H2,1-4H3,(H,13,17);3,5H,2H2,1H3;1-2H3/q;+1;. The molecule has 0 radical (unpaired) electrons. The molecule has 2 heterocycles. The zero-order valence-electron chi connectivity index (χ0n) is 18.0. The number of rotatable bonds is 6. The SMILES string of the molecule is CC(CO)NC(=O)N(C)Cc1csc(C(C)C)n1.CCn1ccc#[n+]1.COC. The van der Waals surface area contributed by atoms with E-state index in [1.165, 1.54) is 0 Å². The van der Waals surface area contributed by atoms with E-state index in [-0.39, 0.29) is 18.7 Å². The number of hydrogen-bond acceptors (Lipinski definition) is 5. The number of ether oxygens (including phenoxy) is 1. The number of aliphatic hydroxyl groups is 1. The molecule has 9 heteroatoms. The third kappa shape index (κ3) is 10.9. The summed E-state index contributed by atoms with van der Waals surface area (Å²) in [6.07, 6.45) is 4.58. The zero-order chi connectivity index (χ0) is 21.5. The van der Waals surface area contributed by atoms with Crippen molar-refractivity contribution in [3.63, 3.8) is 0 Å². The van der Waals surface area contributed by atoms with Crippen LogP contribution in [0.5, 0.6) is 0 Å². The van der Waals surface area contributed by atoms with Gasteiger partial charge in [0.15, 0.2) is 0 Å². The summed E-state index contributed by atoms with van der Waals surface area (Å²) in [5, 5.41) is 18.5. The number of carbonyl (C=O) groups is 1. The molecule has 0 saturated heterocycles. The Balaban J connectivity index is 0.000000598. The van der Waals surface area contributed by atoms with Crippen molar-refractivity contribution < 1.29 is 19.7 Å². The second-order valence-electron chi connectivity index (χ2n) is 6.43. The lowest BCUT2D eigenvalue weighted by atomic mass is 10.2. The van der Waals surface area contributed by atoms with E-state index >= 15 is 0 Å². The smallest absolute Gasteiger partial charge is 0.351 e. The van der Waals surface area contributed by atoms with E-state index < -0.39 is 0 Å². The van der Waals surface area contributed by atoms with Crippen molar-refractivity contribution in [2.45, 2.75) is 52.7 Å². The quantitative estimate of drug-likeness (QED) is 0.756. The molecule has 2 N–H and O–H groups in total. The molecule has 8 nitrogen and oxygen atoms in total. The first-order valence-corrected chi connectivity index (χ1v) is 10.0. The molecule has 1 atom stereocenters. The molecule has 28 heavy (non-hydrogen) atoms. The van der Waals surface area contributed by atoms with Crippen LogP contribution in [0.2, 0.25) is 0 Å². The van der Waals surface area contributed by atoms with Gasteiger partial charge in [-0.3, -0.25) is 0 Å². The van der Waals surface area contributed by atoms with Gasteiger partial charge in [-0.25, -0.2) is 9.78 Å². The van der Waals surface area contributed by atoms with Gasteiger partial charge < -0.3 is 20.1 Å². The number of carbonyl (C=O) groups excluding carboxylic acids is 1. The van der Waals surface area contributed by atoms with Gasteiger partial charge in [0.05, 0.1) is 53.8 Å². The summed E-state index contributed by atoms with van der Waals surface area (Å²) in [5.41, 5.74) is 0.901. The molecule has 2 aromatic heterocycles. The average molecular weight is 413 g/mol. The van der Waals surface area contributed by atoms with Crippen molar-refractivity contribution in [1.29, 1.82) is 0 Å². The van der Waals surface area contributed by atoms with Crippen molar-refractivity contribution in [3.8, 4) is 0 Å². The van der Waals surface area contributed by atoms with Crippen LogP contribution in [0.15, 0.2) is 17.6 Å². The molecular weight excluding hydrogens is 378 g/mol. The fourth-order valence-electron chi connectivity index (χ4n) is 1.78. The molecule has 0 aliphatic heterocycles. The Kier molecular flexibility index (Phi) is 13.7. The number of thiazole rings is 1. The molecule has 0 aliphatic carbocycles. The van der Waals surface area contributed by atoms with Crippen LogP contribution in [0.4, 0.5) is 4.79 Å². The second-order valence-corrected chi connectivity index (χ2v) is 7.32. The first-order valence-electron chi connectivity index (χ1n) is 9.15. The lowest BCUT2D eigenvalue weighted by molar-refractivity contribution is -0.417. The number of nitrogens with zero attached hydrogens (tertiary/aromatic N) is 4. The largest absolute Gasteiger partial charge is 0.394 e. The lowest BCUT2D eigenvalue weighted by Crippen LogP contribution is -2.43. The highest BCUT2D eigenvalue weighted by atomic mass is 32.1. The van der Waals surface area contributed by atoms with Crippen LogP contribution in [-0.2, 0) is 17.8 Å². The van der Waals surface area contributed by atoms with Gasteiger partial charge in [-0.15, -0.1) is 11.3 Å². The molecule has 158 valence electrons. The van der Waals surface area contributed by atoms with E-state index in [0.717, 1.165) is 17.2 Å². The summed E-state index contributed by atoms with van der Waals surface area (Å²) in [5.74, 6) is 0.414. The Morgan fingerprint density at radius 3 is 2.50 bits per heavy atom. The normalized spacial score (nSPS) is 10.8. The van der Waals surface area contributed by atoms with Crippen LogP contribution in [-0.4, -0.2) is 59.6 Å². The van der Waals surface area contributed by atoms with Crippen LogP contribution in [0.3, 0.4) is 0 Å². The topological polar surface area (TPSA) is 93.7 Å². The van der Waals surface area contributed by atoms with Crippen LogP contribution < -0.4 is 10.4 Å². The summed E-state index contributed by atoms with van der Waals surface area (Å²) in [6.45, 7) is 9.35.